The maximum atomic E-state index is 14.8. The van der Waals surface area contributed by atoms with Crippen molar-refractivity contribution in [2.24, 2.45) is 23.0 Å². The summed E-state index contributed by atoms with van der Waals surface area (Å²) < 4.78 is 14.0. The smallest absolute Gasteiger partial charge is 0.244 e. The number of carbonyl (C=O) groups is 3. The first kappa shape index (κ1) is 32.2. The monoisotopic (exact) mass is 625 g/mol. The van der Waals surface area contributed by atoms with Gasteiger partial charge in [-0.2, -0.15) is 0 Å². The second-order valence-corrected chi connectivity index (χ2v) is 15.4. The third-order valence-electron chi connectivity index (χ3n) is 11.1. The summed E-state index contributed by atoms with van der Waals surface area (Å²) in [6.07, 6.45) is 15.5. The molecule has 6 aliphatic rings. The predicted molar refractivity (Wildman–Crippen MR) is 179 cm³/mol. The SMILES string of the molecule is CC(C)=CCCC1(C)C=Cc2c(O)c3c(c(CC=C(C)C)c2C1)OC12C(=CC4CC1C(C)(C)OC2(C/C=C(/C)C(N)=O)C4=O)C3=O. The van der Waals surface area contributed by atoms with E-state index in [0.717, 1.165) is 29.5 Å². The number of benzene rings is 1. The van der Waals surface area contributed by atoms with E-state index in [1.807, 2.05) is 33.8 Å². The van der Waals surface area contributed by atoms with Crippen LogP contribution < -0.4 is 10.5 Å². The largest absolute Gasteiger partial charge is 0.506 e. The van der Waals surface area contributed by atoms with Gasteiger partial charge in [0.15, 0.2) is 22.8 Å². The number of hydrogen-bond donors (Lipinski definition) is 2. The number of ether oxygens (including phenoxy) is 2. The number of carbonyl (C=O) groups excluding carboxylic acids is 3. The Labute approximate surface area is 272 Å². The van der Waals surface area contributed by atoms with Crippen LogP contribution in [0.15, 0.2) is 52.7 Å². The van der Waals surface area contributed by atoms with Crippen LogP contribution in [0, 0.1) is 17.3 Å². The molecule has 1 aromatic carbocycles. The number of primary amides is 1. The first-order chi connectivity index (χ1) is 21.5. The van der Waals surface area contributed by atoms with Gasteiger partial charge >= 0.3 is 0 Å². The Hall–Kier alpha value is -3.71. The Kier molecular flexibility index (Phi) is 7.47. The summed E-state index contributed by atoms with van der Waals surface area (Å²) in [4.78, 5) is 41.2. The van der Waals surface area contributed by atoms with Crippen molar-refractivity contribution in [3.63, 3.8) is 0 Å². The third kappa shape index (κ3) is 4.52. The van der Waals surface area contributed by atoms with Gasteiger partial charge in [-0.25, -0.2) is 0 Å². The lowest BCUT2D eigenvalue weighted by Gasteiger charge is -2.56. The second-order valence-electron chi connectivity index (χ2n) is 15.4. The van der Waals surface area contributed by atoms with Crippen molar-refractivity contribution in [1.82, 2.24) is 0 Å². The second kappa shape index (κ2) is 10.7. The van der Waals surface area contributed by atoms with Crippen LogP contribution in [-0.4, -0.2) is 39.4 Å². The maximum absolute atomic E-state index is 14.8. The highest BCUT2D eigenvalue weighted by atomic mass is 16.6. The molecule has 1 saturated carbocycles. The van der Waals surface area contributed by atoms with Crippen molar-refractivity contribution in [1.29, 1.82) is 0 Å². The van der Waals surface area contributed by atoms with Gasteiger partial charge in [-0.3, -0.25) is 14.4 Å². The van der Waals surface area contributed by atoms with Gasteiger partial charge in [0, 0.05) is 40.5 Å². The van der Waals surface area contributed by atoms with Crippen molar-refractivity contribution in [3.8, 4) is 11.5 Å². The first-order valence-electron chi connectivity index (χ1n) is 16.5. The minimum absolute atomic E-state index is 0.0440. The summed E-state index contributed by atoms with van der Waals surface area (Å²) in [6.45, 7) is 16.0. The molecule has 7 heteroatoms. The zero-order valence-corrected chi connectivity index (χ0v) is 28.4. The normalized spacial score (nSPS) is 31.4. The molecule has 1 saturated heterocycles. The summed E-state index contributed by atoms with van der Waals surface area (Å²) in [5.74, 6) is -1.64. The van der Waals surface area contributed by atoms with Crippen LogP contribution in [-0.2, 0) is 27.2 Å². The molecule has 2 heterocycles. The quantitative estimate of drug-likeness (QED) is 0.236. The molecule has 46 heavy (non-hydrogen) atoms. The third-order valence-corrected chi connectivity index (χ3v) is 11.1. The summed E-state index contributed by atoms with van der Waals surface area (Å²) in [7, 11) is 0. The molecule has 7 rings (SSSR count). The number of amides is 1. The van der Waals surface area contributed by atoms with E-state index in [4.69, 9.17) is 15.2 Å². The van der Waals surface area contributed by atoms with Crippen LogP contribution in [0.3, 0.4) is 0 Å². The molecule has 244 valence electrons. The van der Waals surface area contributed by atoms with E-state index in [1.54, 1.807) is 19.1 Å². The van der Waals surface area contributed by atoms with E-state index in [0.29, 0.717) is 41.7 Å². The number of phenolic OH excluding ortho intramolecular Hbond substituents is 1. The van der Waals surface area contributed by atoms with E-state index in [-0.39, 0.29) is 40.6 Å². The highest BCUT2D eigenvalue weighted by molar-refractivity contribution is 6.19. The number of nitrogens with two attached hydrogens (primary N) is 1. The lowest BCUT2D eigenvalue weighted by atomic mass is 9.51. The molecule has 3 N–H and O–H groups in total. The van der Waals surface area contributed by atoms with Crippen molar-refractivity contribution < 1.29 is 29.0 Å². The molecular weight excluding hydrogens is 578 g/mol. The Morgan fingerprint density at radius 3 is 2.41 bits per heavy atom. The molecule has 1 amide bonds. The molecule has 1 aromatic rings. The first-order valence-corrected chi connectivity index (χ1v) is 16.5. The fraction of sp³-hybridized carbons (Fsp3) is 0.513. The number of hydrogen-bond acceptors (Lipinski definition) is 6. The van der Waals surface area contributed by atoms with Crippen LogP contribution in [0.25, 0.3) is 6.08 Å². The summed E-state index contributed by atoms with van der Waals surface area (Å²) in [6, 6.07) is 0. The zero-order valence-electron chi connectivity index (χ0n) is 28.4. The fourth-order valence-electron chi connectivity index (χ4n) is 8.70. The Morgan fingerprint density at radius 1 is 1.07 bits per heavy atom. The molecule has 2 aliphatic heterocycles. The molecule has 4 aliphatic carbocycles. The Balaban J connectivity index is 1.59. The van der Waals surface area contributed by atoms with Gasteiger partial charge in [0.1, 0.15) is 17.1 Å². The molecule has 5 unspecified atom stereocenters. The summed E-state index contributed by atoms with van der Waals surface area (Å²) in [5.41, 5.74) is 7.38. The van der Waals surface area contributed by atoms with Crippen LogP contribution in [0.4, 0.5) is 0 Å². The van der Waals surface area contributed by atoms with Crippen molar-refractivity contribution in [2.45, 2.75) is 111 Å². The van der Waals surface area contributed by atoms with Crippen molar-refractivity contribution >= 4 is 23.5 Å². The van der Waals surface area contributed by atoms with E-state index >= 15 is 0 Å². The predicted octanol–water partition coefficient (Wildman–Crippen LogP) is 7.05. The van der Waals surface area contributed by atoms with E-state index < -0.39 is 28.6 Å². The minimum Gasteiger partial charge on any atom is -0.506 e. The zero-order chi connectivity index (χ0) is 33.6. The standard InChI is InChI=1S/C39H47NO6/c1-21(2)10-9-15-37(8)16-14-25-27(20-37)26(12-11-22(3)4)33-30(31(25)41)32(42)28-18-24-19-29-36(6,7)46-38(34(24)43,39(28,29)45-33)17-13-23(5)35(40)44/h10-11,13-14,16,18,24,29,41H,9,12,15,17,19-20H2,1-8H3,(H2,40,44)/b23-13-. The van der Waals surface area contributed by atoms with Gasteiger partial charge in [0.25, 0.3) is 0 Å². The Bertz CT molecular complexity index is 1730. The number of ketones is 2. The van der Waals surface area contributed by atoms with Gasteiger partial charge in [0.2, 0.25) is 5.91 Å². The summed E-state index contributed by atoms with van der Waals surface area (Å²) >= 11 is 0. The lowest BCUT2D eigenvalue weighted by Crippen LogP contribution is -2.72. The van der Waals surface area contributed by atoms with Gasteiger partial charge in [-0.1, -0.05) is 54.5 Å². The topological polar surface area (TPSA) is 116 Å². The number of aromatic hydroxyl groups is 1. The molecule has 0 aromatic heterocycles. The van der Waals surface area contributed by atoms with Crippen molar-refractivity contribution in [2.75, 3.05) is 0 Å². The average molecular weight is 626 g/mol. The number of phenols is 1. The highest BCUT2D eigenvalue weighted by Gasteiger charge is 2.81. The fourth-order valence-corrected chi connectivity index (χ4v) is 8.70. The molecule has 2 fully saturated rings. The Morgan fingerprint density at radius 2 is 1.76 bits per heavy atom. The van der Waals surface area contributed by atoms with Crippen LogP contribution >= 0.6 is 0 Å². The molecule has 0 radical (unpaired) electrons. The molecule has 1 spiro atoms. The van der Waals surface area contributed by atoms with Crippen molar-refractivity contribution in [3.05, 3.63) is 74.9 Å². The molecule has 5 atom stereocenters. The molecule has 7 nitrogen and oxygen atoms in total. The molecular formula is C39H47NO6. The summed E-state index contributed by atoms with van der Waals surface area (Å²) in [5, 5.41) is 11.9. The number of Topliss-reactive ketones (excluding diaryl/α,β-unsaturated/α-hetero) is 2. The van der Waals surface area contributed by atoms with Crippen LogP contribution in [0.5, 0.6) is 11.5 Å². The van der Waals surface area contributed by atoms with E-state index in [9.17, 15) is 19.5 Å². The lowest BCUT2D eigenvalue weighted by molar-refractivity contribution is -0.171. The van der Waals surface area contributed by atoms with Crippen LogP contribution in [0.1, 0.15) is 108 Å². The van der Waals surface area contributed by atoms with E-state index in [1.165, 1.54) is 5.57 Å². The van der Waals surface area contributed by atoms with Gasteiger partial charge in [0.05, 0.1) is 5.60 Å². The minimum atomic E-state index is -1.53. The maximum Gasteiger partial charge on any atom is 0.244 e. The number of allylic oxidation sites excluding steroid dienone is 6. The van der Waals surface area contributed by atoms with Crippen LogP contribution in [0.2, 0.25) is 0 Å². The highest BCUT2D eigenvalue weighted by Crippen LogP contribution is 2.68. The molecule has 4 bridgehead atoms. The van der Waals surface area contributed by atoms with Gasteiger partial charge < -0.3 is 20.3 Å². The van der Waals surface area contributed by atoms with Gasteiger partial charge in [-0.15, -0.1) is 0 Å². The average Bonchev–Trinajstić information content (AvgIpc) is 3.12. The number of fused-ring (bicyclic) bond motifs is 2. The van der Waals surface area contributed by atoms with Gasteiger partial charge in [-0.05, 0) is 91.5 Å². The number of rotatable bonds is 8. The van der Waals surface area contributed by atoms with E-state index in [2.05, 4.69) is 39.0 Å².